The smallest absolute Gasteiger partial charge is 0.115 e. The second-order valence-electron chi connectivity index (χ2n) is 5.55. The zero-order valence-corrected chi connectivity index (χ0v) is 11.1. The van der Waals surface area contributed by atoms with Gasteiger partial charge in [-0.2, -0.15) is 0 Å². The Morgan fingerprint density at radius 2 is 1.11 bits per heavy atom. The maximum Gasteiger partial charge on any atom is 0.115 e. The van der Waals surface area contributed by atoms with E-state index in [0.717, 1.165) is 5.92 Å². The zero-order valence-electron chi connectivity index (χ0n) is 11.1. The van der Waals surface area contributed by atoms with Gasteiger partial charge in [-0.15, -0.1) is 0 Å². The topological polar surface area (TPSA) is 20.2 Å². The van der Waals surface area contributed by atoms with E-state index in [1.165, 1.54) is 36.8 Å². The van der Waals surface area contributed by atoms with Crippen LogP contribution in [-0.4, -0.2) is 5.11 Å². The van der Waals surface area contributed by atoms with Crippen molar-refractivity contribution in [3.63, 3.8) is 0 Å². The number of benzene rings is 2. The van der Waals surface area contributed by atoms with Gasteiger partial charge in [0.15, 0.2) is 0 Å². The van der Waals surface area contributed by atoms with Crippen LogP contribution in [0.3, 0.4) is 0 Å². The van der Waals surface area contributed by atoms with Gasteiger partial charge in [-0.1, -0.05) is 42.5 Å². The van der Waals surface area contributed by atoms with Crippen LogP contribution in [0.25, 0.3) is 0 Å². The first kappa shape index (κ1) is 12.3. The summed E-state index contributed by atoms with van der Waals surface area (Å²) in [6.07, 6.45) is 5.06. The molecule has 2 aromatic rings. The van der Waals surface area contributed by atoms with E-state index in [1.54, 1.807) is 12.1 Å². The quantitative estimate of drug-likeness (QED) is 0.811. The number of phenolic OH excluding ortho intramolecular Hbond substituents is 1. The van der Waals surface area contributed by atoms with Gasteiger partial charge in [-0.25, -0.2) is 0 Å². The molecule has 0 aliphatic heterocycles. The Balaban J connectivity index is 1.65. The Bertz CT molecular complexity index is 507. The lowest BCUT2D eigenvalue weighted by Gasteiger charge is -2.29. The molecule has 1 nitrogen and oxygen atoms in total. The number of aromatic hydroxyl groups is 1. The molecule has 0 amide bonds. The summed E-state index contributed by atoms with van der Waals surface area (Å²) in [4.78, 5) is 0. The van der Waals surface area contributed by atoms with E-state index in [9.17, 15) is 5.11 Å². The SMILES string of the molecule is Oc1ccc(C2CCC(c3ccccc3)CC2)cc1. The molecule has 0 bridgehead atoms. The summed E-state index contributed by atoms with van der Waals surface area (Å²) >= 11 is 0. The first-order chi connectivity index (χ1) is 9.33. The van der Waals surface area contributed by atoms with Crippen LogP contribution < -0.4 is 0 Å². The summed E-state index contributed by atoms with van der Waals surface area (Å²) in [7, 11) is 0. The molecule has 1 aliphatic carbocycles. The highest BCUT2D eigenvalue weighted by molar-refractivity contribution is 5.29. The first-order valence-corrected chi connectivity index (χ1v) is 7.17. The summed E-state index contributed by atoms with van der Waals surface area (Å²) in [5.74, 6) is 1.76. The first-order valence-electron chi connectivity index (χ1n) is 7.17. The molecule has 0 atom stereocenters. The van der Waals surface area contributed by atoms with E-state index in [-0.39, 0.29) is 0 Å². The normalized spacial score (nSPS) is 23.2. The Morgan fingerprint density at radius 3 is 1.63 bits per heavy atom. The van der Waals surface area contributed by atoms with Crippen LogP contribution in [0.5, 0.6) is 5.75 Å². The summed E-state index contributed by atoms with van der Waals surface area (Å²) in [6, 6.07) is 18.6. The Hall–Kier alpha value is -1.76. The number of hydrogen-bond donors (Lipinski definition) is 1. The molecule has 0 unspecified atom stereocenters. The molecule has 1 aliphatic rings. The van der Waals surface area contributed by atoms with Crippen LogP contribution in [0.2, 0.25) is 0 Å². The predicted octanol–water partition coefficient (Wildman–Crippen LogP) is 4.83. The van der Waals surface area contributed by atoms with Crippen molar-refractivity contribution in [2.24, 2.45) is 0 Å². The molecule has 98 valence electrons. The molecule has 1 N–H and O–H groups in total. The van der Waals surface area contributed by atoms with Gasteiger partial charge in [0.2, 0.25) is 0 Å². The van der Waals surface area contributed by atoms with E-state index in [4.69, 9.17) is 0 Å². The van der Waals surface area contributed by atoms with Gasteiger partial charge in [0.25, 0.3) is 0 Å². The lowest BCUT2D eigenvalue weighted by Crippen LogP contribution is -2.12. The molecule has 0 spiro atoms. The molecule has 1 saturated carbocycles. The summed E-state index contributed by atoms with van der Waals surface area (Å²) in [5.41, 5.74) is 2.87. The summed E-state index contributed by atoms with van der Waals surface area (Å²) < 4.78 is 0. The van der Waals surface area contributed by atoms with Crippen LogP contribution in [0.4, 0.5) is 0 Å². The number of rotatable bonds is 2. The lowest BCUT2D eigenvalue weighted by molar-refractivity contribution is 0.396. The fourth-order valence-electron chi connectivity index (χ4n) is 3.23. The summed E-state index contributed by atoms with van der Waals surface area (Å²) in [5, 5.41) is 9.35. The minimum absolute atomic E-state index is 0.363. The maximum absolute atomic E-state index is 9.35. The van der Waals surface area contributed by atoms with Crippen molar-refractivity contribution in [2.45, 2.75) is 37.5 Å². The fourth-order valence-corrected chi connectivity index (χ4v) is 3.23. The third-order valence-corrected chi connectivity index (χ3v) is 4.36. The second-order valence-corrected chi connectivity index (χ2v) is 5.55. The summed E-state index contributed by atoms with van der Waals surface area (Å²) in [6.45, 7) is 0. The van der Waals surface area contributed by atoms with Crippen molar-refractivity contribution < 1.29 is 5.11 Å². The fraction of sp³-hybridized carbons (Fsp3) is 0.333. The van der Waals surface area contributed by atoms with Crippen LogP contribution >= 0.6 is 0 Å². The Labute approximate surface area is 114 Å². The molecule has 0 aromatic heterocycles. The van der Waals surface area contributed by atoms with E-state index < -0.39 is 0 Å². The number of phenols is 1. The van der Waals surface area contributed by atoms with Crippen molar-refractivity contribution >= 4 is 0 Å². The van der Waals surface area contributed by atoms with Crippen molar-refractivity contribution in [3.8, 4) is 5.75 Å². The third-order valence-electron chi connectivity index (χ3n) is 4.36. The highest BCUT2D eigenvalue weighted by Gasteiger charge is 2.23. The average Bonchev–Trinajstić information content (AvgIpc) is 2.49. The highest BCUT2D eigenvalue weighted by Crippen LogP contribution is 2.40. The molecule has 0 heterocycles. The van der Waals surface area contributed by atoms with E-state index in [0.29, 0.717) is 11.7 Å². The molecular weight excluding hydrogens is 232 g/mol. The standard InChI is InChI=1S/C18H20O/c19-18-12-10-17(11-13-18)16-8-6-15(7-9-16)14-4-2-1-3-5-14/h1-5,10-13,15-16,19H,6-9H2. The van der Waals surface area contributed by atoms with Gasteiger partial charge in [0, 0.05) is 0 Å². The molecule has 1 fully saturated rings. The van der Waals surface area contributed by atoms with Gasteiger partial charge in [-0.3, -0.25) is 0 Å². The molecular formula is C18H20O. The second kappa shape index (κ2) is 5.48. The average molecular weight is 252 g/mol. The van der Waals surface area contributed by atoms with Gasteiger partial charge in [0.1, 0.15) is 5.75 Å². The molecule has 3 rings (SSSR count). The Kier molecular flexibility index (Phi) is 3.54. The Morgan fingerprint density at radius 1 is 0.632 bits per heavy atom. The van der Waals surface area contributed by atoms with Crippen LogP contribution in [0.15, 0.2) is 54.6 Å². The third kappa shape index (κ3) is 2.81. The lowest BCUT2D eigenvalue weighted by atomic mass is 9.76. The van der Waals surface area contributed by atoms with Crippen molar-refractivity contribution in [2.75, 3.05) is 0 Å². The van der Waals surface area contributed by atoms with Crippen LogP contribution in [0.1, 0.15) is 48.6 Å². The highest BCUT2D eigenvalue weighted by atomic mass is 16.3. The van der Waals surface area contributed by atoms with Gasteiger partial charge >= 0.3 is 0 Å². The molecule has 2 aromatic carbocycles. The van der Waals surface area contributed by atoms with Crippen molar-refractivity contribution in [3.05, 3.63) is 65.7 Å². The van der Waals surface area contributed by atoms with E-state index >= 15 is 0 Å². The molecule has 0 saturated heterocycles. The van der Waals surface area contributed by atoms with Crippen molar-refractivity contribution in [1.29, 1.82) is 0 Å². The maximum atomic E-state index is 9.35. The molecule has 19 heavy (non-hydrogen) atoms. The molecule has 0 radical (unpaired) electrons. The van der Waals surface area contributed by atoms with Gasteiger partial charge in [-0.05, 0) is 60.8 Å². The monoisotopic (exact) mass is 252 g/mol. The predicted molar refractivity (Wildman–Crippen MR) is 78.5 cm³/mol. The minimum Gasteiger partial charge on any atom is -0.508 e. The zero-order chi connectivity index (χ0) is 13.1. The molecule has 1 heteroatoms. The van der Waals surface area contributed by atoms with Gasteiger partial charge in [0.05, 0.1) is 0 Å². The van der Waals surface area contributed by atoms with E-state index in [1.807, 2.05) is 0 Å². The minimum atomic E-state index is 0.363. The number of hydrogen-bond acceptors (Lipinski definition) is 1. The van der Waals surface area contributed by atoms with Crippen molar-refractivity contribution in [1.82, 2.24) is 0 Å². The van der Waals surface area contributed by atoms with Gasteiger partial charge < -0.3 is 5.11 Å². The van der Waals surface area contributed by atoms with E-state index in [2.05, 4.69) is 42.5 Å². The van der Waals surface area contributed by atoms with Crippen LogP contribution in [0, 0.1) is 0 Å². The largest absolute Gasteiger partial charge is 0.508 e. The van der Waals surface area contributed by atoms with Crippen LogP contribution in [-0.2, 0) is 0 Å².